The predicted molar refractivity (Wildman–Crippen MR) is 134 cm³/mol. The average molecular weight is 615 g/mol. The van der Waals surface area contributed by atoms with Crippen LogP contribution in [0.5, 0.6) is 11.5 Å². The Kier molecular flexibility index (Phi) is 9.91. The number of phosphoric acid groups is 1. The summed E-state index contributed by atoms with van der Waals surface area (Å²) in [5.74, 6) is -0.375. The fourth-order valence-electron chi connectivity index (χ4n) is 3.32. The molecule has 40 heavy (non-hydrogen) atoms. The number of nitrogens with zero attached hydrogens (tertiary/aromatic N) is 1. The van der Waals surface area contributed by atoms with Crippen LogP contribution in [-0.4, -0.2) is 34.6 Å². The molecule has 3 rings (SSSR count). The second-order valence-corrected chi connectivity index (χ2v) is 11.1. The van der Waals surface area contributed by atoms with Crippen molar-refractivity contribution in [1.29, 1.82) is 0 Å². The molecule has 0 amide bonds. The quantitative estimate of drug-likeness (QED) is 0.122. The molecule has 16 heteroatoms. The van der Waals surface area contributed by atoms with Gasteiger partial charge in [-0.25, -0.2) is 9.55 Å². The van der Waals surface area contributed by atoms with E-state index in [0.717, 1.165) is 35.6 Å². The lowest BCUT2D eigenvalue weighted by Gasteiger charge is -2.21. The Hall–Kier alpha value is -2.68. The zero-order valence-electron chi connectivity index (χ0n) is 20.8. The number of benzene rings is 2. The molecular formula is C24H25F6N2O6PS. The molecule has 0 spiro atoms. The number of unbranched alkanes of at least 4 members (excludes halogenated alkanes) is 1. The Morgan fingerprint density at radius 1 is 0.975 bits per heavy atom. The smallest absolute Gasteiger partial charge is 0.469 e. The molecule has 0 aliphatic rings. The van der Waals surface area contributed by atoms with Crippen molar-refractivity contribution >= 4 is 19.2 Å². The minimum Gasteiger partial charge on any atom is -0.494 e. The van der Waals surface area contributed by atoms with Gasteiger partial charge in [-0.3, -0.25) is 4.52 Å². The maximum absolute atomic E-state index is 13.8. The number of rotatable bonds is 12. The minimum absolute atomic E-state index is 0.0289. The van der Waals surface area contributed by atoms with Crippen LogP contribution in [0.4, 0.5) is 26.3 Å². The number of ether oxygens (including phenoxy) is 2. The number of hydrogen-bond donors (Lipinski definition) is 3. The van der Waals surface area contributed by atoms with Gasteiger partial charge < -0.3 is 25.0 Å². The first-order valence-corrected chi connectivity index (χ1v) is 13.9. The zero-order valence-corrected chi connectivity index (χ0v) is 22.5. The van der Waals surface area contributed by atoms with Gasteiger partial charge in [0.05, 0.1) is 41.4 Å². The van der Waals surface area contributed by atoms with Gasteiger partial charge in [-0.15, -0.1) is 11.3 Å². The van der Waals surface area contributed by atoms with Crippen molar-refractivity contribution in [2.45, 2.75) is 37.7 Å². The summed E-state index contributed by atoms with van der Waals surface area (Å²) in [7, 11) is -4.79. The van der Waals surface area contributed by atoms with Crippen LogP contribution >= 0.6 is 19.2 Å². The summed E-state index contributed by atoms with van der Waals surface area (Å²) in [6, 6.07) is 7.82. The predicted octanol–water partition coefficient (Wildman–Crippen LogP) is 6.37. The van der Waals surface area contributed by atoms with Crippen molar-refractivity contribution in [3.8, 4) is 21.9 Å². The molecule has 0 bridgehead atoms. The normalized spacial score (nSPS) is 14.2. The van der Waals surface area contributed by atoms with Gasteiger partial charge in [0.2, 0.25) is 0 Å². The summed E-state index contributed by atoms with van der Waals surface area (Å²) in [5.41, 5.74) is 2.91. The molecule has 1 aromatic heterocycles. The topological polar surface area (TPSA) is 124 Å². The molecule has 2 aromatic carbocycles. The molecule has 0 aliphatic carbocycles. The van der Waals surface area contributed by atoms with Crippen molar-refractivity contribution in [3.63, 3.8) is 0 Å². The first-order chi connectivity index (χ1) is 18.5. The molecule has 0 radical (unpaired) electrons. The third-order valence-electron chi connectivity index (χ3n) is 5.32. The van der Waals surface area contributed by atoms with Gasteiger partial charge in [-0.1, -0.05) is 6.07 Å². The number of aromatic nitrogens is 1. The molecule has 8 nitrogen and oxygen atoms in total. The Morgan fingerprint density at radius 2 is 1.65 bits per heavy atom. The number of phosphoric ester groups is 1. The van der Waals surface area contributed by atoms with E-state index in [0.29, 0.717) is 11.3 Å². The third-order valence-corrected chi connectivity index (χ3v) is 7.11. The second-order valence-electron chi connectivity index (χ2n) is 8.85. The van der Waals surface area contributed by atoms with Crippen LogP contribution in [0.1, 0.15) is 35.9 Å². The molecule has 0 fully saturated rings. The highest BCUT2D eigenvalue weighted by Crippen LogP contribution is 2.42. The Morgan fingerprint density at radius 3 is 2.27 bits per heavy atom. The van der Waals surface area contributed by atoms with Crippen LogP contribution < -0.4 is 15.2 Å². The molecule has 0 saturated carbocycles. The fourth-order valence-corrected chi connectivity index (χ4v) is 4.71. The molecule has 1 heterocycles. The summed E-state index contributed by atoms with van der Waals surface area (Å²) in [5, 5.41) is 0.192. The highest BCUT2D eigenvalue weighted by Gasteiger charge is 2.35. The highest BCUT2D eigenvalue weighted by atomic mass is 32.1. The number of halogens is 6. The molecule has 0 aliphatic heterocycles. The van der Waals surface area contributed by atoms with E-state index in [1.165, 1.54) is 31.3 Å². The van der Waals surface area contributed by atoms with Gasteiger partial charge in [0.25, 0.3) is 0 Å². The largest absolute Gasteiger partial charge is 0.494 e. The van der Waals surface area contributed by atoms with Crippen molar-refractivity contribution in [2.75, 3.05) is 19.8 Å². The maximum Gasteiger partial charge on any atom is 0.469 e. The lowest BCUT2D eigenvalue weighted by atomic mass is 10.1. The number of hydrogen-bond acceptors (Lipinski definition) is 7. The first-order valence-electron chi connectivity index (χ1n) is 11.6. The van der Waals surface area contributed by atoms with Gasteiger partial charge in [-0.05, 0) is 61.7 Å². The average Bonchev–Trinajstić information content (AvgIpc) is 3.35. The summed E-state index contributed by atoms with van der Waals surface area (Å²) < 4.78 is 106. The van der Waals surface area contributed by atoms with Crippen LogP contribution in [0.3, 0.4) is 0 Å². The van der Waals surface area contributed by atoms with Gasteiger partial charge in [0.1, 0.15) is 16.5 Å². The third kappa shape index (κ3) is 9.18. The molecular weight excluding hydrogens is 589 g/mol. The van der Waals surface area contributed by atoms with E-state index in [1.54, 1.807) is 0 Å². The zero-order chi connectivity index (χ0) is 29.8. The lowest BCUT2D eigenvalue weighted by molar-refractivity contribution is -0.139. The molecule has 0 unspecified atom stereocenters. The summed E-state index contributed by atoms with van der Waals surface area (Å²) in [4.78, 5) is 22.2. The van der Waals surface area contributed by atoms with Crippen molar-refractivity contribution in [1.82, 2.24) is 4.98 Å². The van der Waals surface area contributed by atoms with Gasteiger partial charge >= 0.3 is 20.2 Å². The van der Waals surface area contributed by atoms with Gasteiger partial charge in [0, 0.05) is 6.20 Å². The fraction of sp³-hybridized carbons (Fsp3) is 0.375. The Bertz CT molecular complexity index is 1340. The molecule has 220 valence electrons. The van der Waals surface area contributed by atoms with E-state index in [-0.39, 0.29) is 36.0 Å². The number of nitrogens with two attached hydrogens (primary N) is 1. The molecule has 4 N–H and O–H groups in total. The van der Waals surface area contributed by atoms with Gasteiger partial charge in [0.15, 0.2) is 0 Å². The summed E-state index contributed by atoms with van der Waals surface area (Å²) in [6.07, 6.45) is -7.35. The standard InChI is InChI=1S/C24H25F6N2O6PS/c1-22(31,14-38-39(33,34)35)21-32-13-20(40-21)15-7-8-19(18(11-15)24(28,29)30)37-10-3-2-9-36-17-6-4-5-16(12-17)23(25,26)27/h4-8,11-13H,2-3,9-10,14,31H2,1H3,(H2,33,34,35)/t22-/m0/s1. The van der Waals surface area contributed by atoms with Crippen molar-refractivity contribution < 1.29 is 54.7 Å². The van der Waals surface area contributed by atoms with E-state index >= 15 is 0 Å². The van der Waals surface area contributed by atoms with E-state index in [4.69, 9.17) is 25.0 Å². The molecule has 1 atom stereocenters. The van der Waals surface area contributed by atoms with Crippen LogP contribution in [0.2, 0.25) is 0 Å². The highest BCUT2D eigenvalue weighted by molar-refractivity contribution is 7.46. The molecule has 3 aromatic rings. The van der Waals surface area contributed by atoms with E-state index in [1.807, 2.05) is 0 Å². The monoisotopic (exact) mass is 614 g/mol. The van der Waals surface area contributed by atoms with Gasteiger partial charge in [-0.2, -0.15) is 26.3 Å². The number of alkyl halides is 6. The summed E-state index contributed by atoms with van der Waals surface area (Å²) in [6.45, 7) is 0.788. The van der Waals surface area contributed by atoms with E-state index in [2.05, 4.69) is 9.51 Å². The van der Waals surface area contributed by atoms with Crippen LogP contribution in [0.25, 0.3) is 10.4 Å². The Labute approximate surface area is 229 Å². The lowest BCUT2D eigenvalue weighted by Crippen LogP contribution is -2.37. The Balaban J connectivity index is 1.61. The minimum atomic E-state index is -4.79. The molecule has 0 saturated heterocycles. The van der Waals surface area contributed by atoms with Crippen LogP contribution in [-0.2, 0) is 27.0 Å². The SMILES string of the molecule is C[C@](N)(COP(=O)(O)O)c1ncc(-c2ccc(OCCCCOc3cccc(C(F)(F)F)c3)c(C(F)(F)F)c2)s1. The first kappa shape index (κ1) is 31.8. The van der Waals surface area contributed by atoms with Crippen LogP contribution in [0.15, 0.2) is 48.7 Å². The van der Waals surface area contributed by atoms with Crippen molar-refractivity contribution in [2.24, 2.45) is 5.73 Å². The summed E-state index contributed by atoms with van der Waals surface area (Å²) >= 11 is 0.942. The van der Waals surface area contributed by atoms with E-state index in [9.17, 15) is 30.9 Å². The van der Waals surface area contributed by atoms with E-state index < -0.39 is 49.2 Å². The second kappa shape index (κ2) is 12.5. The van der Waals surface area contributed by atoms with Crippen molar-refractivity contribution in [3.05, 3.63) is 64.8 Å². The number of thiazole rings is 1. The van der Waals surface area contributed by atoms with Crippen LogP contribution in [0, 0.1) is 0 Å². The maximum atomic E-state index is 13.8.